The molecule has 0 fully saturated rings. The minimum Gasteiger partial charge on any atom is -0.332 e. The summed E-state index contributed by atoms with van der Waals surface area (Å²) < 4.78 is 1.05. The van der Waals surface area contributed by atoms with E-state index in [0.717, 1.165) is 10.9 Å². The van der Waals surface area contributed by atoms with Gasteiger partial charge in [0.15, 0.2) is 6.54 Å². The standard InChI is InChI=1S/C18H18BrN3O/c1-2-17(14-5-7-15(19)8-6-14)21-12-18(23)22-16-9-3-13(11-20)4-10-16/h3-10,17,21H,2,12H2,1H3,(H,22,23)/p+1/t17-/m0/s1. The number of carbonyl (C=O) groups excluding carboxylic acids is 1. The number of rotatable bonds is 6. The fourth-order valence-corrected chi connectivity index (χ4v) is 2.60. The third kappa shape index (κ3) is 5.20. The molecule has 1 atom stereocenters. The number of benzene rings is 2. The number of anilines is 1. The van der Waals surface area contributed by atoms with Crippen molar-refractivity contribution in [1.29, 1.82) is 5.26 Å². The lowest BCUT2D eigenvalue weighted by molar-refractivity contribution is -0.686. The number of nitrogens with one attached hydrogen (secondary N) is 1. The maximum Gasteiger partial charge on any atom is 0.279 e. The molecular weight excluding hydrogens is 354 g/mol. The molecule has 0 aliphatic heterocycles. The molecule has 3 N–H and O–H groups in total. The van der Waals surface area contributed by atoms with Gasteiger partial charge in [0, 0.05) is 22.1 Å². The van der Waals surface area contributed by atoms with Gasteiger partial charge in [-0.3, -0.25) is 4.79 Å². The summed E-state index contributed by atoms with van der Waals surface area (Å²) >= 11 is 3.43. The van der Waals surface area contributed by atoms with Crippen LogP contribution in [0.3, 0.4) is 0 Å². The molecule has 5 heteroatoms. The first-order valence-corrected chi connectivity index (χ1v) is 8.30. The molecule has 0 aliphatic carbocycles. The van der Waals surface area contributed by atoms with E-state index in [1.54, 1.807) is 24.3 Å². The Hall–Kier alpha value is -2.16. The van der Waals surface area contributed by atoms with Crippen LogP contribution in [0.2, 0.25) is 0 Å². The molecule has 0 heterocycles. The Bertz CT molecular complexity index is 690. The number of nitriles is 1. The number of hydrogen-bond donors (Lipinski definition) is 2. The quantitative estimate of drug-likeness (QED) is 0.818. The molecule has 0 radical (unpaired) electrons. The van der Waals surface area contributed by atoms with Crippen molar-refractivity contribution in [3.8, 4) is 6.07 Å². The molecule has 0 bridgehead atoms. The Morgan fingerprint density at radius 3 is 2.43 bits per heavy atom. The van der Waals surface area contributed by atoms with E-state index in [4.69, 9.17) is 5.26 Å². The molecule has 118 valence electrons. The zero-order chi connectivity index (χ0) is 16.7. The third-order valence-electron chi connectivity index (χ3n) is 3.62. The van der Waals surface area contributed by atoms with Crippen LogP contribution in [0.4, 0.5) is 5.69 Å². The van der Waals surface area contributed by atoms with Gasteiger partial charge in [-0.1, -0.05) is 35.0 Å². The van der Waals surface area contributed by atoms with Gasteiger partial charge in [-0.2, -0.15) is 5.26 Å². The third-order valence-corrected chi connectivity index (χ3v) is 4.15. The minimum absolute atomic E-state index is 0.0507. The smallest absolute Gasteiger partial charge is 0.279 e. The zero-order valence-electron chi connectivity index (χ0n) is 12.9. The van der Waals surface area contributed by atoms with Crippen molar-refractivity contribution in [2.24, 2.45) is 0 Å². The van der Waals surface area contributed by atoms with Gasteiger partial charge in [0.2, 0.25) is 0 Å². The summed E-state index contributed by atoms with van der Waals surface area (Å²) in [7, 11) is 0. The van der Waals surface area contributed by atoms with Crippen LogP contribution in [0, 0.1) is 11.3 Å². The van der Waals surface area contributed by atoms with Gasteiger partial charge in [0.05, 0.1) is 11.6 Å². The summed E-state index contributed by atoms with van der Waals surface area (Å²) in [6.45, 7) is 2.47. The van der Waals surface area contributed by atoms with E-state index in [1.165, 1.54) is 5.56 Å². The normalized spacial score (nSPS) is 11.5. The van der Waals surface area contributed by atoms with E-state index in [9.17, 15) is 4.79 Å². The second kappa shape index (κ2) is 8.47. The van der Waals surface area contributed by atoms with Gasteiger partial charge >= 0.3 is 0 Å². The SMILES string of the molecule is CC[C@H]([NH2+]CC(=O)Nc1ccc(C#N)cc1)c1ccc(Br)cc1. The van der Waals surface area contributed by atoms with Crippen molar-refractivity contribution >= 4 is 27.5 Å². The number of amides is 1. The van der Waals surface area contributed by atoms with Gasteiger partial charge in [-0.15, -0.1) is 0 Å². The largest absolute Gasteiger partial charge is 0.332 e. The van der Waals surface area contributed by atoms with Crippen molar-refractivity contribution < 1.29 is 10.1 Å². The van der Waals surface area contributed by atoms with E-state index in [0.29, 0.717) is 17.8 Å². The summed E-state index contributed by atoms with van der Waals surface area (Å²) in [6.07, 6.45) is 0.950. The highest BCUT2D eigenvalue weighted by molar-refractivity contribution is 9.10. The summed E-state index contributed by atoms with van der Waals surface area (Å²) in [5, 5.41) is 13.7. The number of quaternary nitrogens is 1. The van der Waals surface area contributed by atoms with Crippen molar-refractivity contribution in [1.82, 2.24) is 0 Å². The summed E-state index contributed by atoms with van der Waals surface area (Å²) in [5.41, 5.74) is 2.50. The van der Waals surface area contributed by atoms with Crippen LogP contribution in [0.25, 0.3) is 0 Å². The number of hydrogen-bond acceptors (Lipinski definition) is 2. The molecule has 2 aromatic rings. The van der Waals surface area contributed by atoms with Crippen LogP contribution in [0.1, 0.15) is 30.5 Å². The first-order chi connectivity index (χ1) is 11.1. The van der Waals surface area contributed by atoms with E-state index >= 15 is 0 Å². The van der Waals surface area contributed by atoms with Gasteiger partial charge in [-0.05, 0) is 36.4 Å². The molecule has 0 aliphatic rings. The Morgan fingerprint density at radius 2 is 1.87 bits per heavy atom. The maximum atomic E-state index is 12.1. The summed E-state index contributed by atoms with van der Waals surface area (Å²) in [6, 6.07) is 17.4. The topological polar surface area (TPSA) is 69.5 Å². The van der Waals surface area contributed by atoms with Crippen molar-refractivity contribution in [3.05, 3.63) is 64.1 Å². The maximum absolute atomic E-state index is 12.1. The Balaban J connectivity index is 1.89. The predicted octanol–water partition coefficient (Wildman–Crippen LogP) is 2.97. The second-order valence-electron chi connectivity index (χ2n) is 5.24. The molecule has 0 saturated carbocycles. The van der Waals surface area contributed by atoms with Crippen LogP contribution in [-0.4, -0.2) is 12.5 Å². The van der Waals surface area contributed by atoms with Crippen LogP contribution in [0.5, 0.6) is 0 Å². The van der Waals surface area contributed by atoms with Crippen molar-refractivity contribution in [3.63, 3.8) is 0 Å². The fraction of sp³-hybridized carbons (Fsp3) is 0.222. The molecular formula is C18H19BrN3O+. The Labute approximate surface area is 144 Å². The average molecular weight is 373 g/mol. The lowest BCUT2D eigenvalue weighted by Crippen LogP contribution is -2.87. The van der Waals surface area contributed by atoms with Gasteiger partial charge < -0.3 is 10.6 Å². The number of halogens is 1. The monoisotopic (exact) mass is 372 g/mol. The van der Waals surface area contributed by atoms with Crippen LogP contribution < -0.4 is 10.6 Å². The molecule has 23 heavy (non-hydrogen) atoms. The van der Waals surface area contributed by atoms with Gasteiger partial charge in [0.25, 0.3) is 5.91 Å². The van der Waals surface area contributed by atoms with E-state index in [-0.39, 0.29) is 11.9 Å². The second-order valence-corrected chi connectivity index (χ2v) is 6.16. The van der Waals surface area contributed by atoms with Crippen LogP contribution >= 0.6 is 15.9 Å². The first-order valence-electron chi connectivity index (χ1n) is 7.51. The first kappa shape index (κ1) is 17.2. The van der Waals surface area contributed by atoms with Gasteiger partial charge in [-0.25, -0.2) is 0 Å². The fourth-order valence-electron chi connectivity index (χ4n) is 2.34. The van der Waals surface area contributed by atoms with Crippen LogP contribution in [-0.2, 0) is 4.79 Å². The lowest BCUT2D eigenvalue weighted by Gasteiger charge is -2.14. The minimum atomic E-state index is -0.0507. The predicted molar refractivity (Wildman–Crippen MR) is 93.8 cm³/mol. The van der Waals surface area contributed by atoms with Crippen LogP contribution in [0.15, 0.2) is 53.0 Å². The number of nitrogens with zero attached hydrogens (tertiary/aromatic N) is 1. The lowest BCUT2D eigenvalue weighted by atomic mass is 10.0. The molecule has 4 nitrogen and oxygen atoms in total. The zero-order valence-corrected chi connectivity index (χ0v) is 14.5. The molecule has 2 rings (SSSR count). The average Bonchev–Trinajstić information content (AvgIpc) is 2.57. The van der Waals surface area contributed by atoms with E-state index in [2.05, 4.69) is 46.4 Å². The number of carbonyl (C=O) groups is 1. The van der Waals surface area contributed by atoms with Crippen molar-refractivity contribution in [2.75, 3.05) is 11.9 Å². The highest BCUT2D eigenvalue weighted by atomic mass is 79.9. The highest BCUT2D eigenvalue weighted by Gasteiger charge is 2.14. The Kier molecular flexibility index (Phi) is 6.33. The number of nitrogens with two attached hydrogens (primary N) is 1. The Morgan fingerprint density at radius 1 is 1.22 bits per heavy atom. The molecule has 1 amide bonds. The van der Waals surface area contributed by atoms with Crippen molar-refractivity contribution in [2.45, 2.75) is 19.4 Å². The summed E-state index contributed by atoms with van der Waals surface area (Å²) in [4.78, 5) is 12.1. The summed E-state index contributed by atoms with van der Waals surface area (Å²) in [5.74, 6) is -0.0507. The molecule has 0 aromatic heterocycles. The molecule has 2 aromatic carbocycles. The highest BCUT2D eigenvalue weighted by Crippen LogP contribution is 2.16. The molecule has 0 spiro atoms. The molecule has 0 unspecified atom stereocenters. The molecule has 0 saturated heterocycles. The van der Waals surface area contributed by atoms with E-state index < -0.39 is 0 Å². The van der Waals surface area contributed by atoms with Gasteiger partial charge in [0.1, 0.15) is 6.04 Å². The van der Waals surface area contributed by atoms with E-state index in [1.807, 2.05) is 17.4 Å².